The van der Waals surface area contributed by atoms with Crippen molar-refractivity contribution in [2.75, 3.05) is 5.32 Å². The first kappa shape index (κ1) is 15.8. The zero-order chi connectivity index (χ0) is 15.6. The lowest BCUT2D eigenvalue weighted by Crippen LogP contribution is -2.15. The molecule has 0 atom stereocenters. The van der Waals surface area contributed by atoms with E-state index in [9.17, 15) is 18.0 Å². The van der Waals surface area contributed by atoms with Gasteiger partial charge in [0.2, 0.25) is 0 Å². The van der Waals surface area contributed by atoms with Crippen molar-refractivity contribution in [1.29, 1.82) is 0 Å². The lowest BCUT2D eigenvalue weighted by Gasteiger charge is -2.11. The van der Waals surface area contributed by atoms with E-state index in [0.717, 1.165) is 12.1 Å². The summed E-state index contributed by atoms with van der Waals surface area (Å²) < 4.78 is 38.2. The monoisotopic (exact) mass is 378 g/mol. The molecule has 0 aliphatic rings. The molecule has 0 saturated carbocycles. The van der Waals surface area contributed by atoms with E-state index in [4.69, 9.17) is 11.6 Å². The highest BCUT2D eigenvalue weighted by Crippen LogP contribution is 2.35. The van der Waals surface area contributed by atoms with Gasteiger partial charge in [0.25, 0.3) is 5.91 Å². The van der Waals surface area contributed by atoms with Crippen LogP contribution in [0.15, 0.2) is 41.0 Å². The van der Waals surface area contributed by atoms with Crippen molar-refractivity contribution in [2.24, 2.45) is 0 Å². The molecule has 1 N–H and O–H groups in total. The maximum atomic E-state index is 12.8. The number of nitrogens with zero attached hydrogens (tertiary/aromatic N) is 1. The molecule has 3 nitrogen and oxygen atoms in total. The predicted molar refractivity (Wildman–Crippen MR) is 76.3 cm³/mol. The molecule has 0 bridgehead atoms. The molecule has 0 spiro atoms. The van der Waals surface area contributed by atoms with E-state index in [1.807, 2.05) is 0 Å². The number of anilines is 1. The van der Waals surface area contributed by atoms with Crippen LogP contribution in [0.2, 0.25) is 5.02 Å². The van der Waals surface area contributed by atoms with Crippen molar-refractivity contribution >= 4 is 39.3 Å². The van der Waals surface area contributed by atoms with Gasteiger partial charge in [-0.1, -0.05) is 27.5 Å². The summed E-state index contributed by atoms with van der Waals surface area (Å²) in [5, 5.41) is 2.55. The number of carbonyl (C=O) groups is 1. The number of hydrogen-bond acceptors (Lipinski definition) is 2. The molecule has 110 valence electrons. The Balaban J connectivity index is 2.31. The number of hydrogen-bond donors (Lipinski definition) is 1. The molecule has 1 heterocycles. The van der Waals surface area contributed by atoms with E-state index in [1.165, 1.54) is 18.3 Å². The molecule has 1 amide bonds. The minimum absolute atomic E-state index is 0.0839. The Kier molecular flexibility index (Phi) is 4.53. The zero-order valence-corrected chi connectivity index (χ0v) is 12.6. The van der Waals surface area contributed by atoms with E-state index >= 15 is 0 Å². The third-order valence-corrected chi connectivity index (χ3v) is 3.52. The van der Waals surface area contributed by atoms with E-state index in [0.29, 0.717) is 0 Å². The van der Waals surface area contributed by atoms with Crippen LogP contribution in [0.25, 0.3) is 0 Å². The molecule has 0 aliphatic carbocycles. The third kappa shape index (κ3) is 3.74. The predicted octanol–water partition coefficient (Wildman–Crippen LogP) is 4.77. The Labute approximate surface area is 131 Å². The largest absolute Gasteiger partial charge is 0.417 e. The number of alkyl halides is 3. The lowest BCUT2D eigenvalue weighted by atomic mass is 10.1. The Morgan fingerprint density at radius 3 is 2.62 bits per heavy atom. The van der Waals surface area contributed by atoms with E-state index in [-0.39, 0.29) is 20.9 Å². The quantitative estimate of drug-likeness (QED) is 0.817. The van der Waals surface area contributed by atoms with Gasteiger partial charge in [0.05, 0.1) is 10.6 Å². The fraction of sp³-hybridized carbons (Fsp3) is 0.0769. The number of rotatable bonds is 2. The summed E-state index contributed by atoms with van der Waals surface area (Å²) in [4.78, 5) is 15.8. The first-order chi connectivity index (χ1) is 9.79. The van der Waals surface area contributed by atoms with Gasteiger partial charge in [-0.3, -0.25) is 4.79 Å². The van der Waals surface area contributed by atoms with Crippen LogP contribution in [0, 0.1) is 0 Å². The maximum Gasteiger partial charge on any atom is 0.417 e. The summed E-state index contributed by atoms with van der Waals surface area (Å²) in [7, 11) is 0. The second kappa shape index (κ2) is 6.03. The lowest BCUT2D eigenvalue weighted by molar-refractivity contribution is -0.138. The number of halogens is 5. The van der Waals surface area contributed by atoms with Crippen molar-refractivity contribution in [3.63, 3.8) is 0 Å². The van der Waals surface area contributed by atoms with Gasteiger partial charge >= 0.3 is 6.18 Å². The highest BCUT2D eigenvalue weighted by atomic mass is 79.9. The molecule has 1 aromatic carbocycles. The van der Waals surface area contributed by atoms with Crippen LogP contribution in [0.3, 0.4) is 0 Å². The molecular formula is C13H7BrClF3N2O. The minimum atomic E-state index is -4.56. The summed E-state index contributed by atoms with van der Waals surface area (Å²) in [6, 6.07) is 6.27. The summed E-state index contributed by atoms with van der Waals surface area (Å²) >= 11 is 8.63. The van der Waals surface area contributed by atoms with Crippen molar-refractivity contribution in [2.45, 2.75) is 6.18 Å². The smallest absolute Gasteiger partial charge is 0.305 e. The first-order valence-corrected chi connectivity index (χ1v) is 6.75. The van der Waals surface area contributed by atoms with Gasteiger partial charge in [0.1, 0.15) is 0 Å². The van der Waals surface area contributed by atoms with Gasteiger partial charge in [-0.15, -0.1) is 0 Å². The fourth-order valence-electron chi connectivity index (χ4n) is 1.54. The molecular weight excluding hydrogens is 373 g/mol. The number of carbonyl (C=O) groups excluding carboxylic acids is 1. The van der Waals surface area contributed by atoms with E-state index in [1.54, 1.807) is 6.07 Å². The van der Waals surface area contributed by atoms with Crippen LogP contribution < -0.4 is 5.32 Å². The minimum Gasteiger partial charge on any atom is -0.305 e. The van der Waals surface area contributed by atoms with Crippen LogP contribution in [0.5, 0.6) is 0 Å². The van der Waals surface area contributed by atoms with Crippen LogP contribution >= 0.6 is 27.5 Å². The van der Waals surface area contributed by atoms with Crippen molar-refractivity contribution in [3.8, 4) is 0 Å². The SMILES string of the molecule is O=C(Nc1ncccc1Cl)c1ccc(Br)c(C(F)(F)F)c1. The standard InChI is InChI=1S/C13H7BrClF3N2O/c14-9-4-3-7(6-8(9)13(16,17)18)12(21)20-11-10(15)2-1-5-19-11/h1-6H,(H,19,20,21). The van der Waals surface area contributed by atoms with Gasteiger partial charge < -0.3 is 5.32 Å². The molecule has 8 heteroatoms. The van der Waals surface area contributed by atoms with Crippen molar-refractivity contribution < 1.29 is 18.0 Å². The second-order valence-electron chi connectivity index (χ2n) is 3.98. The highest BCUT2D eigenvalue weighted by Gasteiger charge is 2.33. The Morgan fingerprint density at radius 1 is 1.29 bits per heavy atom. The average molecular weight is 380 g/mol. The summed E-state index contributed by atoms with van der Waals surface area (Å²) in [5.41, 5.74) is -1.07. The van der Waals surface area contributed by atoms with Gasteiger partial charge in [-0.25, -0.2) is 4.98 Å². The third-order valence-electron chi connectivity index (χ3n) is 2.52. The fourth-order valence-corrected chi connectivity index (χ4v) is 2.18. The van der Waals surface area contributed by atoms with Crippen LogP contribution in [0.4, 0.5) is 19.0 Å². The number of nitrogens with one attached hydrogen (secondary N) is 1. The normalized spacial score (nSPS) is 11.3. The molecule has 0 radical (unpaired) electrons. The van der Waals surface area contributed by atoms with Crippen LogP contribution in [-0.2, 0) is 6.18 Å². The number of aromatic nitrogens is 1. The van der Waals surface area contributed by atoms with Crippen LogP contribution in [-0.4, -0.2) is 10.9 Å². The topological polar surface area (TPSA) is 42.0 Å². The summed E-state index contributed by atoms with van der Waals surface area (Å²) in [6.07, 6.45) is -3.15. The van der Waals surface area contributed by atoms with E-state index < -0.39 is 17.6 Å². The van der Waals surface area contributed by atoms with Crippen molar-refractivity contribution in [1.82, 2.24) is 4.98 Å². The number of amides is 1. The Bertz CT molecular complexity index is 691. The molecule has 1 aromatic heterocycles. The molecule has 21 heavy (non-hydrogen) atoms. The van der Waals surface area contributed by atoms with Gasteiger partial charge in [0, 0.05) is 16.2 Å². The van der Waals surface area contributed by atoms with E-state index in [2.05, 4.69) is 26.2 Å². The second-order valence-corrected chi connectivity index (χ2v) is 5.24. The highest BCUT2D eigenvalue weighted by molar-refractivity contribution is 9.10. The molecule has 0 unspecified atom stereocenters. The molecule has 0 fully saturated rings. The average Bonchev–Trinajstić information content (AvgIpc) is 2.40. The number of benzene rings is 1. The van der Waals surface area contributed by atoms with Gasteiger partial charge in [0.15, 0.2) is 5.82 Å². The van der Waals surface area contributed by atoms with Gasteiger partial charge in [-0.2, -0.15) is 13.2 Å². The molecule has 0 aliphatic heterocycles. The van der Waals surface area contributed by atoms with Crippen LogP contribution in [0.1, 0.15) is 15.9 Å². The Hall–Kier alpha value is -1.60. The Morgan fingerprint density at radius 2 is 2.00 bits per heavy atom. The summed E-state index contributed by atoms with van der Waals surface area (Å²) in [6.45, 7) is 0. The number of pyridine rings is 1. The molecule has 2 rings (SSSR count). The maximum absolute atomic E-state index is 12.8. The van der Waals surface area contributed by atoms with Gasteiger partial charge in [-0.05, 0) is 30.3 Å². The first-order valence-electron chi connectivity index (χ1n) is 5.57. The van der Waals surface area contributed by atoms with Crippen molar-refractivity contribution in [3.05, 3.63) is 57.2 Å². The molecule has 2 aromatic rings. The summed E-state index contributed by atoms with van der Waals surface area (Å²) in [5.74, 6) is -0.644. The zero-order valence-electron chi connectivity index (χ0n) is 10.2. The molecule has 0 saturated heterocycles.